The number of amides is 1. The Balaban J connectivity index is 1.77. The Morgan fingerprint density at radius 3 is 2.81 bits per heavy atom. The normalized spacial score (nSPS) is 10.9. The van der Waals surface area contributed by atoms with Crippen LogP contribution < -0.4 is 10.9 Å². The maximum atomic E-state index is 12.6. The molecule has 0 bridgehead atoms. The molecule has 4 rings (SSSR count). The Kier molecular flexibility index (Phi) is 5.21. The van der Waals surface area contributed by atoms with Crippen molar-refractivity contribution in [2.45, 2.75) is 20.3 Å². The molecule has 0 saturated carbocycles. The second-order valence-electron chi connectivity index (χ2n) is 6.46. The van der Waals surface area contributed by atoms with E-state index >= 15 is 0 Å². The fourth-order valence-corrected chi connectivity index (χ4v) is 3.70. The molecule has 0 unspecified atom stereocenters. The molecule has 0 aliphatic rings. The minimum atomic E-state index is -0.733. The molecule has 12 heteroatoms. The van der Waals surface area contributed by atoms with E-state index < -0.39 is 16.7 Å². The van der Waals surface area contributed by atoms with Crippen molar-refractivity contribution in [1.29, 1.82) is 0 Å². The van der Waals surface area contributed by atoms with Crippen LogP contribution in [-0.4, -0.2) is 30.6 Å². The third-order valence-corrected chi connectivity index (χ3v) is 5.38. The number of hydrogen-bond acceptors (Lipinski definition) is 8. The Labute approximate surface area is 178 Å². The molecule has 2 N–H and O–H groups in total. The number of carbonyl (C=O) groups excluding carboxylic acids is 1. The van der Waals surface area contributed by atoms with E-state index in [1.165, 1.54) is 22.1 Å². The number of aromatic nitrogens is 4. The number of nitro groups is 1. The number of rotatable bonds is 6. The molecule has 4 heterocycles. The van der Waals surface area contributed by atoms with Gasteiger partial charge < -0.3 is 9.73 Å². The number of anilines is 1. The fraction of sp³-hybridized carbons (Fsp3) is 0.158. The van der Waals surface area contributed by atoms with Crippen LogP contribution in [0.1, 0.15) is 28.7 Å². The Morgan fingerprint density at radius 2 is 2.19 bits per heavy atom. The number of furan rings is 1. The highest BCUT2D eigenvalue weighted by atomic mass is 32.1. The second-order valence-corrected chi connectivity index (χ2v) is 7.41. The molecule has 0 fully saturated rings. The zero-order valence-electron chi connectivity index (χ0n) is 16.4. The first-order valence-corrected chi connectivity index (χ1v) is 10.0. The number of thiophene rings is 1. The average molecular weight is 440 g/mol. The van der Waals surface area contributed by atoms with Gasteiger partial charge in [-0.05, 0) is 30.9 Å². The molecular formula is C19H16N6O5S. The lowest BCUT2D eigenvalue weighted by Gasteiger charge is -2.09. The van der Waals surface area contributed by atoms with Gasteiger partial charge in [0.2, 0.25) is 5.95 Å². The van der Waals surface area contributed by atoms with Gasteiger partial charge in [-0.25, -0.2) is 4.98 Å². The molecular weight excluding hydrogens is 424 g/mol. The third-order valence-electron chi connectivity index (χ3n) is 4.48. The highest BCUT2D eigenvalue weighted by Crippen LogP contribution is 2.28. The summed E-state index contributed by atoms with van der Waals surface area (Å²) in [5.41, 5.74) is 1.36. The summed E-state index contributed by atoms with van der Waals surface area (Å²) >= 11 is 1.45. The zero-order chi connectivity index (χ0) is 22.1. The van der Waals surface area contributed by atoms with Gasteiger partial charge in [-0.2, -0.15) is 9.78 Å². The van der Waals surface area contributed by atoms with E-state index in [1.807, 2.05) is 24.4 Å². The van der Waals surface area contributed by atoms with Gasteiger partial charge in [-0.15, -0.1) is 11.3 Å². The summed E-state index contributed by atoms with van der Waals surface area (Å²) in [7, 11) is 0. The number of carbonyl (C=O) groups is 1. The van der Waals surface area contributed by atoms with E-state index in [-0.39, 0.29) is 23.1 Å². The molecule has 31 heavy (non-hydrogen) atoms. The van der Waals surface area contributed by atoms with Gasteiger partial charge in [0.05, 0.1) is 10.9 Å². The monoisotopic (exact) mass is 440 g/mol. The summed E-state index contributed by atoms with van der Waals surface area (Å²) in [6.45, 7) is 3.58. The van der Waals surface area contributed by atoms with E-state index in [0.29, 0.717) is 23.4 Å². The highest BCUT2D eigenvalue weighted by molar-refractivity contribution is 7.13. The van der Waals surface area contributed by atoms with Crippen LogP contribution in [0.3, 0.4) is 0 Å². The molecule has 0 aromatic carbocycles. The van der Waals surface area contributed by atoms with Crippen LogP contribution in [0.2, 0.25) is 0 Å². The van der Waals surface area contributed by atoms with Crippen molar-refractivity contribution in [3.63, 3.8) is 0 Å². The average Bonchev–Trinajstić information content (AvgIpc) is 3.47. The molecule has 11 nitrogen and oxygen atoms in total. The maximum Gasteiger partial charge on any atom is 0.433 e. The van der Waals surface area contributed by atoms with Crippen molar-refractivity contribution < 1.29 is 14.1 Å². The minimum absolute atomic E-state index is 0.128. The van der Waals surface area contributed by atoms with Gasteiger partial charge in [0, 0.05) is 17.3 Å². The maximum absolute atomic E-state index is 12.6. The number of hydrogen-bond donors (Lipinski definition) is 2. The summed E-state index contributed by atoms with van der Waals surface area (Å²) in [5.74, 6) is -1.16. The predicted octanol–water partition coefficient (Wildman–Crippen LogP) is 3.31. The van der Waals surface area contributed by atoms with Crippen LogP contribution in [0.25, 0.3) is 16.5 Å². The first kappa shape index (κ1) is 20.2. The van der Waals surface area contributed by atoms with Crippen molar-refractivity contribution in [3.05, 3.63) is 73.2 Å². The van der Waals surface area contributed by atoms with E-state index in [0.717, 1.165) is 10.9 Å². The Morgan fingerprint density at radius 1 is 1.39 bits per heavy atom. The Bertz CT molecular complexity index is 1330. The highest BCUT2D eigenvalue weighted by Gasteiger charge is 2.21. The quantitative estimate of drug-likeness (QED) is 0.345. The van der Waals surface area contributed by atoms with Gasteiger partial charge in [0.1, 0.15) is 16.4 Å². The molecule has 0 spiro atoms. The molecule has 0 aliphatic carbocycles. The lowest BCUT2D eigenvalue weighted by atomic mass is 10.2. The van der Waals surface area contributed by atoms with Crippen molar-refractivity contribution in [3.8, 4) is 16.5 Å². The van der Waals surface area contributed by atoms with Gasteiger partial charge in [-0.3, -0.25) is 24.7 Å². The smallest absolute Gasteiger partial charge is 0.395 e. The summed E-state index contributed by atoms with van der Waals surface area (Å²) in [6.07, 6.45) is 0.523. The Hall–Kier alpha value is -4.06. The predicted molar refractivity (Wildman–Crippen MR) is 113 cm³/mol. The van der Waals surface area contributed by atoms with E-state index in [1.54, 1.807) is 13.0 Å². The zero-order valence-corrected chi connectivity index (χ0v) is 17.2. The fourth-order valence-electron chi connectivity index (χ4n) is 3.01. The first-order valence-electron chi connectivity index (χ1n) is 9.17. The van der Waals surface area contributed by atoms with Gasteiger partial charge in [0.15, 0.2) is 5.76 Å². The number of nitrogens with one attached hydrogen (secondary N) is 2. The van der Waals surface area contributed by atoms with Crippen LogP contribution in [-0.2, 0) is 6.42 Å². The van der Waals surface area contributed by atoms with Crippen LogP contribution in [0.4, 0.5) is 11.7 Å². The number of aromatic amines is 1. The lowest BCUT2D eigenvalue weighted by Crippen LogP contribution is -2.21. The molecule has 4 aromatic rings. The third kappa shape index (κ3) is 3.88. The SMILES string of the molecule is CCc1c(C)nc(-n2nc(-c3cccs3)cc2NC(=O)c2ccc([N+](=O)[O-])o2)[nH]c1=O. The van der Waals surface area contributed by atoms with Crippen molar-refractivity contribution in [2.75, 3.05) is 5.32 Å². The van der Waals surface area contributed by atoms with E-state index in [4.69, 9.17) is 4.42 Å². The second kappa shape index (κ2) is 7.99. The lowest BCUT2D eigenvalue weighted by molar-refractivity contribution is -0.402. The standard InChI is InChI=1S/C19H16N6O5S/c1-3-11-10(2)20-19(22-17(11)26)24-15(9-12(23-24)14-5-4-8-31-14)21-18(27)13-6-7-16(30-13)25(28)29/h4-9H,3H2,1-2H3,(H,21,27)(H,20,22,26). The van der Waals surface area contributed by atoms with Crippen LogP contribution >= 0.6 is 11.3 Å². The molecule has 0 aliphatic heterocycles. The molecule has 0 radical (unpaired) electrons. The van der Waals surface area contributed by atoms with Crippen LogP contribution in [0, 0.1) is 17.0 Å². The molecule has 1 amide bonds. The number of aryl methyl sites for hydroxylation is 1. The van der Waals surface area contributed by atoms with Gasteiger partial charge in [-0.1, -0.05) is 13.0 Å². The summed E-state index contributed by atoms with van der Waals surface area (Å²) in [4.78, 5) is 43.1. The van der Waals surface area contributed by atoms with E-state index in [2.05, 4.69) is 20.4 Å². The van der Waals surface area contributed by atoms with Crippen molar-refractivity contribution in [1.82, 2.24) is 19.7 Å². The number of H-pyrrole nitrogens is 1. The largest absolute Gasteiger partial charge is 0.433 e. The summed E-state index contributed by atoms with van der Waals surface area (Å²) < 4.78 is 6.26. The summed E-state index contributed by atoms with van der Waals surface area (Å²) in [5, 5.41) is 19.8. The molecule has 0 atom stereocenters. The van der Waals surface area contributed by atoms with Crippen molar-refractivity contribution in [2.24, 2.45) is 0 Å². The van der Waals surface area contributed by atoms with Gasteiger partial charge >= 0.3 is 5.88 Å². The topological polar surface area (TPSA) is 149 Å². The van der Waals surface area contributed by atoms with Crippen molar-refractivity contribution >= 4 is 28.9 Å². The van der Waals surface area contributed by atoms with Crippen LogP contribution in [0.5, 0.6) is 0 Å². The van der Waals surface area contributed by atoms with Crippen LogP contribution in [0.15, 0.2) is 44.9 Å². The molecule has 4 aromatic heterocycles. The van der Waals surface area contributed by atoms with E-state index in [9.17, 15) is 19.7 Å². The minimum Gasteiger partial charge on any atom is -0.395 e. The van der Waals surface area contributed by atoms with Gasteiger partial charge in [0.25, 0.3) is 11.5 Å². The first-order chi connectivity index (χ1) is 14.9. The molecule has 158 valence electrons. The molecule has 0 saturated heterocycles. The number of nitrogens with zero attached hydrogens (tertiary/aromatic N) is 4. The summed E-state index contributed by atoms with van der Waals surface area (Å²) in [6, 6.07) is 7.63.